The minimum atomic E-state index is -4.39. The second-order valence-corrected chi connectivity index (χ2v) is 5.79. The first-order chi connectivity index (χ1) is 12.8. The standard InChI is InChI=1S/C20H15F3N2O2/c1-3-4-14-7-10-16(19(26)27-2)18-17(14)11-24-25(18)12-13-5-8-15(9-6-13)20(21,22)23/h5-11H,12H2,1-2H3. The fraction of sp³-hybridized carbons (Fsp3) is 0.200. The number of fused-ring (bicyclic) bond motifs is 1. The van der Waals surface area contributed by atoms with Gasteiger partial charge in [-0.1, -0.05) is 18.1 Å². The summed E-state index contributed by atoms with van der Waals surface area (Å²) in [6.45, 7) is 1.90. The van der Waals surface area contributed by atoms with Gasteiger partial charge in [0.1, 0.15) is 0 Å². The maximum absolute atomic E-state index is 12.7. The Morgan fingerprint density at radius 1 is 1.19 bits per heavy atom. The predicted octanol–water partition coefficient (Wildman–Crippen LogP) is 4.26. The zero-order valence-electron chi connectivity index (χ0n) is 14.6. The molecule has 0 aliphatic rings. The minimum Gasteiger partial charge on any atom is -0.465 e. The smallest absolute Gasteiger partial charge is 0.416 e. The van der Waals surface area contributed by atoms with Crippen LogP contribution < -0.4 is 0 Å². The van der Waals surface area contributed by atoms with Crippen LogP contribution in [0.25, 0.3) is 10.9 Å². The molecule has 3 aromatic rings. The number of alkyl halides is 3. The van der Waals surface area contributed by atoms with E-state index in [4.69, 9.17) is 4.74 Å². The Morgan fingerprint density at radius 3 is 2.48 bits per heavy atom. The van der Waals surface area contributed by atoms with E-state index in [0.29, 0.717) is 27.6 Å². The van der Waals surface area contributed by atoms with Crippen LogP contribution in [-0.2, 0) is 17.5 Å². The molecule has 0 unspecified atom stereocenters. The van der Waals surface area contributed by atoms with Crippen LogP contribution >= 0.6 is 0 Å². The lowest BCUT2D eigenvalue weighted by Crippen LogP contribution is -2.09. The zero-order valence-corrected chi connectivity index (χ0v) is 14.6. The van der Waals surface area contributed by atoms with E-state index in [9.17, 15) is 18.0 Å². The van der Waals surface area contributed by atoms with Crippen molar-refractivity contribution in [3.05, 3.63) is 64.8 Å². The van der Waals surface area contributed by atoms with Gasteiger partial charge in [0, 0.05) is 10.9 Å². The Hall–Kier alpha value is -3.27. The van der Waals surface area contributed by atoms with Gasteiger partial charge < -0.3 is 4.74 Å². The molecule has 1 heterocycles. The molecule has 0 saturated carbocycles. The summed E-state index contributed by atoms with van der Waals surface area (Å²) in [7, 11) is 1.28. The fourth-order valence-corrected chi connectivity index (χ4v) is 2.81. The molecule has 0 bridgehead atoms. The molecule has 0 amide bonds. The summed E-state index contributed by atoms with van der Waals surface area (Å²) in [6.07, 6.45) is -2.80. The highest BCUT2D eigenvalue weighted by Crippen LogP contribution is 2.29. The first kappa shape index (κ1) is 18.5. The van der Waals surface area contributed by atoms with E-state index in [2.05, 4.69) is 16.9 Å². The number of methoxy groups -OCH3 is 1. The molecule has 2 aromatic carbocycles. The number of nitrogens with zero attached hydrogens (tertiary/aromatic N) is 2. The van der Waals surface area contributed by atoms with Crippen molar-refractivity contribution in [3.63, 3.8) is 0 Å². The molecule has 0 aliphatic heterocycles. The topological polar surface area (TPSA) is 44.1 Å². The van der Waals surface area contributed by atoms with Gasteiger partial charge in [-0.15, -0.1) is 5.92 Å². The Labute approximate surface area is 153 Å². The van der Waals surface area contributed by atoms with Crippen LogP contribution in [0.1, 0.15) is 34.0 Å². The molecule has 0 aliphatic carbocycles. The molecular weight excluding hydrogens is 357 g/mol. The number of halogens is 3. The quantitative estimate of drug-likeness (QED) is 0.510. The SMILES string of the molecule is CC#Cc1ccc(C(=O)OC)c2c1cnn2Cc1ccc(C(F)(F)F)cc1. The third-order valence-corrected chi connectivity index (χ3v) is 4.08. The van der Waals surface area contributed by atoms with E-state index >= 15 is 0 Å². The molecule has 0 saturated heterocycles. The van der Waals surface area contributed by atoms with E-state index in [1.807, 2.05) is 0 Å². The van der Waals surface area contributed by atoms with Crippen molar-refractivity contribution in [2.75, 3.05) is 7.11 Å². The van der Waals surface area contributed by atoms with Crippen LogP contribution in [0.4, 0.5) is 13.2 Å². The first-order valence-corrected chi connectivity index (χ1v) is 8.01. The summed E-state index contributed by atoms with van der Waals surface area (Å²) in [5.41, 5.74) is 1.46. The summed E-state index contributed by atoms with van der Waals surface area (Å²) in [5, 5.41) is 4.98. The third kappa shape index (κ3) is 3.65. The molecule has 0 N–H and O–H groups in total. The number of hydrogen-bond donors (Lipinski definition) is 0. The molecule has 1 aromatic heterocycles. The summed E-state index contributed by atoms with van der Waals surface area (Å²) >= 11 is 0. The van der Waals surface area contributed by atoms with Gasteiger partial charge in [-0.25, -0.2) is 4.79 Å². The lowest BCUT2D eigenvalue weighted by Gasteiger charge is -2.10. The molecule has 0 radical (unpaired) electrons. The van der Waals surface area contributed by atoms with E-state index in [0.717, 1.165) is 12.1 Å². The first-order valence-electron chi connectivity index (χ1n) is 8.01. The van der Waals surface area contributed by atoms with E-state index < -0.39 is 17.7 Å². The molecule has 0 fully saturated rings. The Balaban J connectivity index is 2.07. The summed E-state index contributed by atoms with van der Waals surface area (Å²) < 4.78 is 44.6. The van der Waals surface area contributed by atoms with Crippen LogP contribution in [0.2, 0.25) is 0 Å². The van der Waals surface area contributed by atoms with E-state index in [-0.39, 0.29) is 6.54 Å². The largest absolute Gasteiger partial charge is 0.465 e. The lowest BCUT2D eigenvalue weighted by atomic mass is 10.1. The van der Waals surface area contributed by atoms with Crippen molar-refractivity contribution in [2.24, 2.45) is 0 Å². The Kier molecular flexibility index (Phi) is 4.91. The molecule has 3 rings (SSSR count). The van der Waals surface area contributed by atoms with Crippen LogP contribution in [0.5, 0.6) is 0 Å². The average molecular weight is 372 g/mol. The zero-order chi connectivity index (χ0) is 19.6. The van der Waals surface area contributed by atoms with Gasteiger partial charge in [0.25, 0.3) is 0 Å². The highest BCUT2D eigenvalue weighted by atomic mass is 19.4. The second-order valence-electron chi connectivity index (χ2n) is 5.79. The van der Waals surface area contributed by atoms with Crippen molar-refractivity contribution in [1.82, 2.24) is 9.78 Å². The summed E-state index contributed by atoms with van der Waals surface area (Å²) in [4.78, 5) is 12.1. The second kappa shape index (κ2) is 7.16. The molecule has 0 atom stereocenters. The van der Waals surface area contributed by atoms with Crippen molar-refractivity contribution in [2.45, 2.75) is 19.6 Å². The summed E-state index contributed by atoms with van der Waals surface area (Å²) in [5.74, 6) is 5.24. The number of rotatable bonds is 3. The number of esters is 1. The molecule has 27 heavy (non-hydrogen) atoms. The fourth-order valence-electron chi connectivity index (χ4n) is 2.81. The lowest BCUT2D eigenvalue weighted by molar-refractivity contribution is -0.137. The normalized spacial score (nSPS) is 11.1. The van der Waals surface area contributed by atoms with E-state index in [1.165, 1.54) is 19.2 Å². The molecule has 138 valence electrons. The Morgan fingerprint density at radius 2 is 1.89 bits per heavy atom. The van der Waals surface area contributed by atoms with Gasteiger partial charge in [-0.05, 0) is 36.8 Å². The highest BCUT2D eigenvalue weighted by Gasteiger charge is 2.30. The van der Waals surface area contributed by atoms with Crippen molar-refractivity contribution in [3.8, 4) is 11.8 Å². The molecule has 4 nitrogen and oxygen atoms in total. The van der Waals surface area contributed by atoms with Gasteiger partial charge in [0.2, 0.25) is 0 Å². The number of carbonyl (C=O) groups excluding carboxylic acids is 1. The van der Waals surface area contributed by atoms with Crippen molar-refractivity contribution < 1.29 is 22.7 Å². The average Bonchev–Trinajstić information content (AvgIpc) is 3.05. The van der Waals surface area contributed by atoms with Crippen LogP contribution in [0.15, 0.2) is 42.6 Å². The molecular formula is C20H15F3N2O2. The maximum atomic E-state index is 12.7. The van der Waals surface area contributed by atoms with Crippen LogP contribution in [-0.4, -0.2) is 22.9 Å². The van der Waals surface area contributed by atoms with Crippen LogP contribution in [0.3, 0.4) is 0 Å². The third-order valence-electron chi connectivity index (χ3n) is 4.08. The minimum absolute atomic E-state index is 0.203. The van der Waals surface area contributed by atoms with Gasteiger partial charge in [-0.3, -0.25) is 4.68 Å². The predicted molar refractivity (Wildman–Crippen MR) is 94.2 cm³/mol. The maximum Gasteiger partial charge on any atom is 0.416 e. The Bertz CT molecular complexity index is 1050. The summed E-state index contributed by atoms with van der Waals surface area (Å²) in [6, 6.07) is 8.16. The van der Waals surface area contributed by atoms with Crippen molar-refractivity contribution >= 4 is 16.9 Å². The van der Waals surface area contributed by atoms with Gasteiger partial charge in [0.15, 0.2) is 0 Å². The van der Waals surface area contributed by atoms with Gasteiger partial charge >= 0.3 is 12.1 Å². The van der Waals surface area contributed by atoms with Crippen molar-refractivity contribution in [1.29, 1.82) is 0 Å². The highest BCUT2D eigenvalue weighted by molar-refractivity contribution is 6.04. The number of hydrogen-bond acceptors (Lipinski definition) is 3. The number of ether oxygens (including phenoxy) is 1. The number of carbonyl (C=O) groups is 1. The van der Waals surface area contributed by atoms with Gasteiger partial charge in [-0.2, -0.15) is 18.3 Å². The monoisotopic (exact) mass is 372 g/mol. The van der Waals surface area contributed by atoms with Crippen LogP contribution in [0, 0.1) is 11.8 Å². The molecule has 0 spiro atoms. The number of benzene rings is 2. The molecule has 7 heteroatoms. The van der Waals surface area contributed by atoms with Gasteiger partial charge in [0.05, 0.1) is 36.5 Å². The number of aromatic nitrogens is 2. The van der Waals surface area contributed by atoms with E-state index in [1.54, 1.807) is 29.9 Å².